The lowest BCUT2D eigenvalue weighted by atomic mass is 10.1. The Labute approximate surface area is 125 Å². The minimum Gasteiger partial charge on any atom is -0.478 e. The lowest BCUT2D eigenvalue weighted by Gasteiger charge is -2.07. The number of halogens is 1. The molecular weight excluding hydrogens is 271 g/mol. The van der Waals surface area contributed by atoms with Gasteiger partial charge in [-0.2, -0.15) is 0 Å². The van der Waals surface area contributed by atoms with Gasteiger partial charge < -0.3 is 10.4 Å². The summed E-state index contributed by atoms with van der Waals surface area (Å²) in [6, 6.07) is 1.17. The second kappa shape index (κ2) is 10.1. The zero-order chi connectivity index (χ0) is 15.5. The van der Waals surface area contributed by atoms with Crippen LogP contribution < -0.4 is 5.32 Å². The van der Waals surface area contributed by atoms with Gasteiger partial charge in [-0.05, 0) is 12.5 Å². The fourth-order valence-corrected chi connectivity index (χ4v) is 2.20. The highest BCUT2D eigenvalue weighted by atomic mass is 19.1. The summed E-state index contributed by atoms with van der Waals surface area (Å²) in [5, 5.41) is 11.7. The van der Waals surface area contributed by atoms with Crippen molar-refractivity contribution in [3.8, 4) is 0 Å². The fraction of sp³-hybridized carbons (Fsp3) is 0.625. The minimum atomic E-state index is -1.27. The molecule has 118 valence electrons. The van der Waals surface area contributed by atoms with Crippen molar-refractivity contribution in [2.75, 3.05) is 11.9 Å². The van der Waals surface area contributed by atoms with Crippen molar-refractivity contribution in [1.82, 2.24) is 4.98 Å². The molecule has 0 bridgehead atoms. The molecular formula is C16H25FN2O2. The van der Waals surface area contributed by atoms with E-state index < -0.39 is 11.8 Å². The molecule has 0 spiro atoms. The highest BCUT2D eigenvalue weighted by Crippen LogP contribution is 2.15. The molecule has 0 aliphatic rings. The number of pyridine rings is 1. The molecule has 1 heterocycles. The van der Waals surface area contributed by atoms with Crippen LogP contribution in [0.2, 0.25) is 0 Å². The number of hydrogen-bond donors (Lipinski definition) is 2. The molecule has 0 saturated heterocycles. The number of nitrogens with one attached hydrogen (secondary N) is 1. The van der Waals surface area contributed by atoms with Crippen LogP contribution in [0.15, 0.2) is 12.3 Å². The summed E-state index contributed by atoms with van der Waals surface area (Å²) in [7, 11) is 0. The van der Waals surface area contributed by atoms with E-state index in [1.807, 2.05) is 0 Å². The average Bonchev–Trinajstić information content (AvgIpc) is 2.46. The number of aromatic carboxylic acids is 1. The largest absolute Gasteiger partial charge is 0.478 e. The Morgan fingerprint density at radius 1 is 1.19 bits per heavy atom. The van der Waals surface area contributed by atoms with Crippen LogP contribution in [0.3, 0.4) is 0 Å². The lowest BCUT2D eigenvalue weighted by Crippen LogP contribution is -2.09. The van der Waals surface area contributed by atoms with E-state index in [0.29, 0.717) is 6.54 Å². The topological polar surface area (TPSA) is 62.2 Å². The first kappa shape index (κ1) is 17.4. The van der Waals surface area contributed by atoms with Crippen LogP contribution in [0, 0.1) is 5.82 Å². The van der Waals surface area contributed by atoms with Crippen LogP contribution in [-0.2, 0) is 0 Å². The molecule has 4 nitrogen and oxygen atoms in total. The van der Waals surface area contributed by atoms with Gasteiger partial charge in [-0.3, -0.25) is 0 Å². The van der Waals surface area contributed by atoms with Gasteiger partial charge in [0, 0.05) is 12.7 Å². The number of aromatic nitrogens is 1. The number of nitrogens with zero attached hydrogens (tertiary/aromatic N) is 1. The molecule has 0 aliphatic heterocycles. The summed E-state index contributed by atoms with van der Waals surface area (Å²) in [5.74, 6) is -2.03. The predicted octanol–water partition coefficient (Wildman–Crippen LogP) is 4.47. The first-order valence-electron chi connectivity index (χ1n) is 7.78. The Balaban J connectivity index is 2.19. The fourth-order valence-electron chi connectivity index (χ4n) is 2.20. The highest BCUT2D eigenvalue weighted by molar-refractivity contribution is 5.88. The lowest BCUT2D eigenvalue weighted by molar-refractivity contribution is 0.0692. The maximum absolute atomic E-state index is 13.8. The van der Waals surface area contributed by atoms with Gasteiger partial charge in [-0.1, -0.05) is 51.9 Å². The van der Waals surface area contributed by atoms with E-state index in [-0.39, 0.29) is 11.4 Å². The third kappa shape index (κ3) is 6.56. The van der Waals surface area contributed by atoms with Crippen LogP contribution in [-0.4, -0.2) is 22.6 Å². The van der Waals surface area contributed by atoms with E-state index >= 15 is 0 Å². The molecule has 1 rings (SSSR count). The van der Waals surface area contributed by atoms with Crippen LogP contribution in [0.4, 0.5) is 10.2 Å². The molecule has 0 radical (unpaired) electrons. The number of carbonyl (C=O) groups is 1. The van der Waals surface area contributed by atoms with Crippen molar-refractivity contribution in [2.45, 2.75) is 58.3 Å². The van der Waals surface area contributed by atoms with Gasteiger partial charge in [-0.15, -0.1) is 0 Å². The first-order valence-corrected chi connectivity index (χ1v) is 7.78. The van der Waals surface area contributed by atoms with Crippen molar-refractivity contribution < 1.29 is 14.3 Å². The molecule has 5 heteroatoms. The van der Waals surface area contributed by atoms with Gasteiger partial charge in [0.05, 0.1) is 0 Å². The molecule has 0 saturated carbocycles. The molecule has 1 aromatic rings. The van der Waals surface area contributed by atoms with Crippen molar-refractivity contribution >= 4 is 11.8 Å². The molecule has 1 aromatic heterocycles. The van der Waals surface area contributed by atoms with E-state index in [1.165, 1.54) is 50.8 Å². The molecule has 0 amide bonds. The number of unbranched alkanes of at least 4 members (excludes halogenated alkanes) is 7. The summed E-state index contributed by atoms with van der Waals surface area (Å²) in [5.41, 5.74) is -0.344. The molecule has 0 aliphatic carbocycles. The normalized spacial score (nSPS) is 10.6. The maximum Gasteiger partial charge on any atom is 0.338 e. The van der Waals surface area contributed by atoms with Crippen LogP contribution in [0.1, 0.15) is 68.6 Å². The SMILES string of the molecule is CCCCCCCCCCNc1nccc(C(=O)O)c1F. The zero-order valence-electron chi connectivity index (χ0n) is 12.7. The van der Waals surface area contributed by atoms with Crippen LogP contribution in [0.25, 0.3) is 0 Å². The van der Waals surface area contributed by atoms with E-state index in [1.54, 1.807) is 0 Å². The van der Waals surface area contributed by atoms with Crippen molar-refractivity contribution in [3.63, 3.8) is 0 Å². The number of anilines is 1. The van der Waals surface area contributed by atoms with Crippen molar-refractivity contribution in [3.05, 3.63) is 23.6 Å². The van der Waals surface area contributed by atoms with Gasteiger partial charge in [-0.25, -0.2) is 14.2 Å². The van der Waals surface area contributed by atoms with Crippen LogP contribution in [0.5, 0.6) is 0 Å². The zero-order valence-corrected chi connectivity index (χ0v) is 12.7. The summed E-state index contributed by atoms with van der Waals surface area (Å²) in [6.45, 7) is 2.82. The van der Waals surface area contributed by atoms with Gasteiger partial charge in [0.15, 0.2) is 11.6 Å². The predicted molar refractivity (Wildman–Crippen MR) is 82.3 cm³/mol. The second-order valence-electron chi connectivity index (χ2n) is 5.23. The summed E-state index contributed by atoms with van der Waals surface area (Å²) >= 11 is 0. The Hall–Kier alpha value is -1.65. The van der Waals surface area contributed by atoms with E-state index in [2.05, 4.69) is 17.2 Å². The minimum absolute atomic E-state index is 0.0258. The first-order chi connectivity index (χ1) is 10.2. The van der Waals surface area contributed by atoms with Gasteiger partial charge >= 0.3 is 5.97 Å². The summed E-state index contributed by atoms with van der Waals surface area (Å²) < 4.78 is 13.8. The monoisotopic (exact) mass is 296 g/mol. The standard InChI is InChI=1S/C16H25FN2O2/c1-2-3-4-5-6-7-8-9-11-18-15-14(17)13(16(20)21)10-12-19-15/h10,12H,2-9,11H2,1H3,(H,18,19)(H,20,21). The quantitative estimate of drug-likeness (QED) is 0.591. The van der Waals surface area contributed by atoms with Crippen LogP contribution >= 0.6 is 0 Å². The molecule has 0 unspecified atom stereocenters. The average molecular weight is 296 g/mol. The Morgan fingerprint density at radius 2 is 1.81 bits per heavy atom. The molecule has 2 N–H and O–H groups in total. The van der Waals surface area contributed by atoms with Gasteiger partial charge in [0.2, 0.25) is 0 Å². The molecule has 0 atom stereocenters. The number of carboxylic acid groups (broad SMARTS) is 1. The molecule has 0 aromatic carbocycles. The Kier molecular flexibility index (Phi) is 8.40. The van der Waals surface area contributed by atoms with Crippen molar-refractivity contribution in [2.24, 2.45) is 0 Å². The third-order valence-corrected chi connectivity index (χ3v) is 3.44. The van der Waals surface area contributed by atoms with E-state index in [4.69, 9.17) is 5.11 Å². The van der Waals surface area contributed by atoms with Gasteiger partial charge in [0.1, 0.15) is 5.56 Å². The van der Waals surface area contributed by atoms with E-state index in [0.717, 1.165) is 12.8 Å². The number of hydrogen-bond acceptors (Lipinski definition) is 3. The highest BCUT2D eigenvalue weighted by Gasteiger charge is 2.14. The van der Waals surface area contributed by atoms with Gasteiger partial charge in [0.25, 0.3) is 0 Å². The number of carboxylic acids is 1. The number of rotatable bonds is 11. The third-order valence-electron chi connectivity index (χ3n) is 3.44. The van der Waals surface area contributed by atoms with E-state index in [9.17, 15) is 9.18 Å². The second-order valence-corrected chi connectivity index (χ2v) is 5.23. The Morgan fingerprint density at radius 3 is 2.43 bits per heavy atom. The molecule has 21 heavy (non-hydrogen) atoms. The molecule has 0 fully saturated rings. The Bertz CT molecular complexity index is 438. The summed E-state index contributed by atoms with van der Waals surface area (Å²) in [6.07, 6.45) is 11.0. The summed E-state index contributed by atoms with van der Waals surface area (Å²) in [4.78, 5) is 14.6. The van der Waals surface area contributed by atoms with Crippen molar-refractivity contribution in [1.29, 1.82) is 0 Å². The maximum atomic E-state index is 13.8. The smallest absolute Gasteiger partial charge is 0.338 e.